The Kier molecular flexibility index (Phi) is 9.83. The van der Waals surface area contributed by atoms with Crippen LogP contribution in [0, 0.1) is 0 Å². The Hall–Kier alpha value is -2.13. The van der Waals surface area contributed by atoms with E-state index in [1.807, 2.05) is 17.0 Å². The molecule has 188 valence electrons. The Balaban J connectivity index is 1.37. The lowest BCUT2D eigenvalue weighted by Crippen LogP contribution is -2.39. The monoisotopic (exact) mass is 513 g/mol. The fourth-order valence-electron chi connectivity index (χ4n) is 4.12. The quantitative estimate of drug-likeness (QED) is 0.236. The van der Waals surface area contributed by atoms with E-state index in [4.69, 9.17) is 14.5 Å². The Morgan fingerprint density at radius 3 is 2.71 bits per heavy atom. The van der Waals surface area contributed by atoms with Crippen molar-refractivity contribution in [2.45, 2.75) is 37.5 Å². The van der Waals surface area contributed by atoms with E-state index in [0.717, 1.165) is 79.0 Å². The number of benzene rings is 2. The molecule has 0 atom stereocenters. The van der Waals surface area contributed by atoms with Gasteiger partial charge in [0.05, 0.1) is 30.5 Å². The summed E-state index contributed by atoms with van der Waals surface area (Å²) in [5.41, 5.74) is 2.27. The lowest BCUT2D eigenvalue weighted by atomic mass is 10.2. The lowest BCUT2D eigenvalue weighted by Gasteiger charge is -2.27. The number of hydrogen-bond acceptors (Lipinski definition) is 7. The maximum absolute atomic E-state index is 13.4. The number of aromatic nitrogens is 1. The maximum atomic E-state index is 13.4. The van der Waals surface area contributed by atoms with Crippen LogP contribution in [0.25, 0.3) is 10.2 Å². The number of carbonyl (C=O) groups is 1. The highest BCUT2D eigenvalue weighted by Gasteiger charge is 2.20. The molecule has 0 radical (unpaired) electrons. The van der Waals surface area contributed by atoms with Crippen LogP contribution in [0.4, 0.5) is 5.13 Å². The summed E-state index contributed by atoms with van der Waals surface area (Å²) < 4.78 is 11.8. The minimum Gasteiger partial charge on any atom is -0.497 e. The molecule has 0 N–H and O–H groups in total. The number of methoxy groups -OCH3 is 1. The lowest BCUT2D eigenvalue weighted by molar-refractivity contribution is -0.118. The molecule has 0 saturated carbocycles. The summed E-state index contributed by atoms with van der Waals surface area (Å²) in [7, 11) is 1.68. The molecule has 0 spiro atoms. The first-order valence-electron chi connectivity index (χ1n) is 12.4. The summed E-state index contributed by atoms with van der Waals surface area (Å²) in [6.45, 7) is 7.37. The summed E-state index contributed by atoms with van der Waals surface area (Å²) in [6, 6.07) is 14.5. The molecule has 0 unspecified atom stereocenters. The van der Waals surface area contributed by atoms with Crippen molar-refractivity contribution in [1.82, 2.24) is 9.88 Å². The fraction of sp³-hybridized carbons (Fsp3) is 0.481. The molecular formula is C27H35N3O3S2. The highest BCUT2D eigenvalue weighted by Crippen LogP contribution is 2.31. The number of rotatable bonds is 12. The highest BCUT2D eigenvalue weighted by molar-refractivity contribution is 7.99. The second-order valence-electron chi connectivity index (χ2n) is 8.63. The van der Waals surface area contributed by atoms with E-state index in [9.17, 15) is 4.79 Å². The number of amides is 1. The maximum Gasteiger partial charge on any atom is 0.228 e. The summed E-state index contributed by atoms with van der Waals surface area (Å²) in [5, 5.41) is 0.822. The zero-order valence-electron chi connectivity index (χ0n) is 20.7. The van der Waals surface area contributed by atoms with Gasteiger partial charge in [0.2, 0.25) is 5.91 Å². The van der Waals surface area contributed by atoms with Gasteiger partial charge in [-0.2, -0.15) is 0 Å². The molecule has 1 amide bonds. The van der Waals surface area contributed by atoms with Crippen LogP contribution in [-0.4, -0.2) is 68.0 Å². The van der Waals surface area contributed by atoms with E-state index < -0.39 is 0 Å². The van der Waals surface area contributed by atoms with Crippen molar-refractivity contribution in [3.63, 3.8) is 0 Å². The van der Waals surface area contributed by atoms with Gasteiger partial charge in [0.25, 0.3) is 0 Å². The molecule has 35 heavy (non-hydrogen) atoms. The molecule has 2 aromatic carbocycles. The van der Waals surface area contributed by atoms with Crippen LogP contribution in [0.3, 0.4) is 0 Å². The molecule has 0 aliphatic carbocycles. The minimum atomic E-state index is 0.164. The first kappa shape index (κ1) is 25.9. The number of aryl methyl sites for hydroxylation is 1. The van der Waals surface area contributed by atoms with Crippen molar-refractivity contribution in [2.24, 2.45) is 0 Å². The van der Waals surface area contributed by atoms with E-state index >= 15 is 0 Å². The summed E-state index contributed by atoms with van der Waals surface area (Å²) in [5.74, 6) is 1.93. The van der Waals surface area contributed by atoms with Crippen molar-refractivity contribution < 1.29 is 14.3 Å². The molecule has 6 nitrogen and oxygen atoms in total. The summed E-state index contributed by atoms with van der Waals surface area (Å²) in [4.78, 5) is 23.7. The average molecular weight is 514 g/mol. The molecule has 4 rings (SSSR count). The highest BCUT2D eigenvalue weighted by atomic mass is 32.2. The number of nitrogens with zero attached hydrogens (tertiary/aromatic N) is 3. The zero-order valence-corrected chi connectivity index (χ0v) is 22.3. The SMILES string of the molecule is CCc1ccc2nc(N(CCCN3CCOCC3)C(=O)CCCSc3ccc(OC)cc3)sc2c1. The second kappa shape index (κ2) is 13.3. The largest absolute Gasteiger partial charge is 0.497 e. The van der Waals surface area contributed by atoms with Gasteiger partial charge in [-0.15, -0.1) is 11.8 Å². The molecule has 0 bridgehead atoms. The van der Waals surface area contributed by atoms with Gasteiger partial charge in [0.1, 0.15) is 5.75 Å². The second-order valence-corrected chi connectivity index (χ2v) is 10.8. The molecule has 1 aliphatic heterocycles. The summed E-state index contributed by atoms with van der Waals surface area (Å²) in [6.07, 6.45) is 3.29. The zero-order chi connectivity index (χ0) is 24.5. The Labute approximate surface area is 216 Å². The van der Waals surface area contributed by atoms with E-state index in [1.54, 1.807) is 30.2 Å². The number of carbonyl (C=O) groups excluding carboxylic acids is 1. The standard InChI is InChI=1S/C27H35N3O3S2/c1-3-21-7-12-24-25(20-21)35-27(28-24)30(14-5-13-29-15-17-33-18-16-29)26(31)6-4-19-34-23-10-8-22(32-2)9-11-23/h7-12,20H,3-6,13-19H2,1-2H3. The van der Waals surface area contributed by atoms with Gasteiger partial charge in [0.15, 0.2) is 5.13 Å². The average Bonchev–Trinajstić information content (AvgIpc) is 3.32. The number of fused-ring (bicyclic) bond motifs is 1. The summed E-state index contributed by atoms with van der Waals surface area (Å²) >= 11 is 3.41. The number of anilines is 1. The van der Waals surface area contributed by atoms with Crippen molar-refractivity contribution in [3.05, 3.63) is 48.0 Å². The van der Waals surface area contributed by atoms with Gasteiger partial charge >= 0.3 is 0 Å². The molecule has 8 heteroatoms. The molecule has 1 fully saturated rings. The van der Waals surface area contributed by atoms with Crippen molar-refractivity contribution in [3.8, 4) is 5.75 Å². The molecular weight excluding hydrogens is 478 g/mol. The number of thiazole rings is 1. The molecule has 2 heterocycles. The van der Waals surface area contributed by atoms with Crippen molar-refractivity contribution >= 4 is 44.4 Å². The molecule has 1 aliphatic rings. The van der Waals surface area contributed by atoms with Crippen molar-refractivity contribution in [1.29, 1.82) is 0 Å². The van der Waals surface area contributed by atoms with Crippen molar-refractivity contribution in [2.75, 3.05) is 57.2 Å². The molecule has 1 saturated heterocycles. The minimum absolute atomic E-state index is 0.164. The van der Waals surface area contributed by atoms with Crippen LogP contribution in [0.1, 0.15) is 31.7 Å². The predicted octanol–water partition coefficient (Wildman–Crippen LogP) is 5.50. The number of morpholine rings is 1. The van der Waals surface area contributed by atoms with Crippen LogP contribution >= 0.6 is 23.1 Å². The van der Waals surface area contributed by atoms with Gasteiger partial charge in [-0.3, -0.25) is 14.6 Å². The number of thioether (sulfide) groups is 1. The number of hydrogen-bond donors (Lipinski definition) is 0. The first-order valence-corrected chi connectivity index (χ1v) is 14.2. The third-order valence-electron chi connectivity index (χ3n) is 6.20. The van der Waals surface area contributed by atoms with E-state index in [0.29, 0.717) is 13.0 Å². The van der Waals surface area contributed by atoms with Gasteiger partial charge < -0.3 is 9.47 Å². The first-order chi connectivity index (χ1) is 17.2. The topological polar surface area (TPSA) is 54.9 Å². The van der Waals surface area contributed by atoms with Crippen LogP contribution < -0.4 is 9.64 Å². The molecule has 3 aromatic rings. The Morgan fingerprint density at radius 1 is 1.17 bits per heavy atom. The number of ether oxygens (including phenoxy) is 2. The van der Waals surface area contributed by atoms with E-state index in [2.05, 4.69) is 42.2 Å². The third kappa shape index (κ3) is 7.43. The van der Waals surface area contributed by atoms with Crippen LogP contribution in [0.15, 0.2) is 47.4 Å². The van der Waals surface area contributed by atoms with Gasteiger partial charge in [0, 0.05) is 37.5 Å². The predicted molar refractivity (Wildman–Crippen MR) is 146 cm³/mol. The van der Waals surface area contributed by atoms with Crippen LogP contribution in [0.5, 0.6) is 5.75 Å². The van der Waals surface area contributed by atoms with E-state index in [-0.39, 0.29) is 5.91 Å². The normalized spacial score (nSPS) is 14.3. The Morgan fingerprint density at radius 2 is 1.97 bits per heavy atom. The molecule has 1 aromatic heterocycles. The van der Waals surface area contributed by atoms with E-state index in [1.165, 1.54) is 10.5 Å². The van der Waals surface area contributed by atoms with Crippen LogP contribution in [0.2, 0.25) is 0 Å². The smallest absolute Gasteiger partial charge is 0.228 e. The Bertz CT molecular complexity index is 1080. The van der Waals surface area contributed by atoms with Crippen LogP contribution in [-0.2, 0) is 16.0 Å². The van der Waals surface area contributed by atoms with Gasteiger partial charge in [-0.25, -0.2) is 4.98 Å². The fourth-order valence-corrected chi connectivity index (χ4v) is 6.04. The third-order valence-corrected chi connectivity index (χ3v) is 8.34. The van der Waals surface area contributed by atoms with Gasteiger partial charge in [-0.1, -0.05) is 24.3 Å². The van der Waals surface area contributed by atoms with Gasteiger partial charge in [-0.05, 0) is 67.0 Å².